The number of hydrogen-bond acceptors (Lipinski definition) is 3. The second-order valence-electron chi connectivity index (χ2n) is 3.73. The summed E-state index contributed by atoms with van der Waals surface area (Å²) in [5, 5.41) is 2.76. The van der Waals surface area contributed by atoms with Crippen LogP contribution in [0.4, 0.5) is 5.69 Å². The fourth-order valence-electron chi connectivity index (χ4n) is 1.45. The van der Waals surface area contributed by atoms with Crippen LogP contribution >= 0.6 is 28.1 Å². The lowest BCUT2D eigenvalue weighted by molar-refractivity contribution is 0.102. The molecule has 3 N–H and O–H groups in total. The summed E-state index contributed by atoms with van der Waals surface area (Å²) < 4.78 is 0.710. The Labute approximate surface area is 124 Å². The minimum atomic E-state index is -0.274. The van der Waals surface area contributed by atoms with Crippen LogP contribution in [-0.4, -0.2) is 15.9 Å². The zero-order valence-corrected chi connectivity index (χ0v) is 12.2. The zero-order chi connectivity index (χ0) is 13.8. The van der Waals surface area contributed by atoms with E-state index in [-0.39, 0.29) is 5.91 Å². The average molecular weight is 336 g/mol. The molecule has 6 heteroatoms. The largest absolute Gasteiger partial charge is 0.389 e. The van der Waals surface area contributed by atoms with Crippen molar-refractivity contribution in [3.8, 4) is 0 Å². The fourth-order valence-corrected chi connectivity index (χ4v) is 2.06. The normalized spacial score (nSPS) is 9.95. The van der Waals surface area contributed by atoms with Crippen molar-refractivity contribution in [3.63, 3.8) is 0 Å². The van der Waals surface area contributed by atoms with Crippen LogP contribution < -0.4 is 11.1 Å². The number of nitrogens with zero attached hydrogens (tertiary/aromatic N) is 1. The van der Waals surface area contributed by atoms with E-state index in [1.54, 1.807) is 42.6 Å². The van der Waals surface area contributed by atoms with E-state index >= 15 is 0 Å². The molecule has 1 heterocycles. The number of nitrogens with two attached hydrogens (primary N) is 1. The van der Waals surface area contributed by atoms with Crippen molar-refractivity contribution in [1.29, 1.82) is 0 Å². The third kappa shape index (κ3) is 3.36. The molecule has 0 radical (unpaired) electrons. The molecular weight excluding hydrogens is 326 g/mol. The molecule has 0 fully saturated rings. The van der Waals surface area contributed by atoms with Crippen molar-refractivity contribution in [2.45, 2.75) is 0 Å². The Balaban J connectivity index is 2.20. The van der Waals surface area contributed by atoms with Crippen LogP contribution in [-0.2, 0) is 0 Å². The Kier molecular flexibility index (Phi) is 4.24. The maximum Gasteiger partial charge on any atom is 0.274 e. The monoisotopic (exact) mass is 335 g/mol. The van der Waals surface area contributed by atoms with Gasteiger partial charge in [0, 0.05) is 16.2 Å². The van der Waals surface area contributed by atoms with E-state index in [4.69, 9.17) is 18.0 Å². The number of halogens is 1. The molecule has 0 unspecified atom stereocenters. The molecule has 0 spiro atoms. The van der Waals surface area contributed by atoms with Crippen LogP contribution in [0, 0.1) is 0 Å². The first-order chi connectivity index (χ1) is 9.08. The molecule has 0 aliphatic heterocycles. The van der Waals surface area contributed by atoms with Gasteiger partial charge in [-0.15, -0.1) is 0 Å². The third-order valence-electron chi connectivity index (χ3n) is 2.40. The molecular formula is C13H10BrN3OS. The van der Waals surface area contributed by atoms with Gasteiger partial charge in [-0.2, -0.15) is 0 Å². The van der Waals surface area contributed by atoms with Gasteiger partial charge in [-0.25, -0.2) is 0 Å². The summed E-state index contributed by atoms with van der Waals surface area (Å²) in [5.41, 5.74) is 7.26. The van der Waals surface area contributed by atoms with Gasteiger partial charge in [0.2, 0.25) is 0 Å². The Hall–Kier alpha value is -1.79. The minimum absolute atomic E-state index is 0.274. The van der Waals surface area contributed by atoms with Gasteiger partial charge in [-0.1, -0.05) is 18.3 Å². The number of thiocarbonyl (C=S) groups is 1. The predicted molar refractivity (Wildman–Crippen MR) is 82.2 cm³/mol. The number of hydrogen-bond donors (Lipinski definition) is 2. The number of carbonyl (C=O) groups excluding carboxylic acids is 1. The number of pyridine rings is 1. The van der Waals surface area contributed by atoms with E-state index < -0.39 is 0 Å². The Morgan fingerprint density at radius 1 is 1.32 bits per heavy atom. The summed E-state index contributed by atoms with van der Waals surface area (Å²) in [5.74, 6) is -0.274. The second kappa shape index (κ2) is 5.90. The maximum absolute atomic E-state index is 11.9. The van der Waals surface area contributed by atoms with Crippen LogP contribution in [0.1, 0.15) is 16.1 Å². The number of nitrogens with one attached hydrogen (secondary N) is 1. The molecule has 2 aromatic rings. The molecule has 4 nitrogen and oxygen atoms in total. The van der Waals surface area contributed by atoms with Crippen molar-refractivity contribution < 1.29 is 4.79 Å². The van der Waals surface area contributed by atoms with E-state index in [1.807, 2.05) is 0 Å². The quantitative estimate of drug-likeness (QED) is 0.846. The second-order valence-corrected chi connectivity index (χ2v) is 5.02. The molecule has 0 aliphatic rings. The maximum atomic E-state index is 11.9. The van der Waals surface area contributed by atoms with E-state index in [0.717, 1.165) is 5.56 Å². The lowest BCUT2D eigenvalue weighted by Gasteiger charge is -2.08. The molecule has 1 amide bonds. The van der Waals surface area contributed by atoms with Crippen molar-refractivity contribution in [2.75, 3.05) is 5.32 Å². The molecule has 0 bridgehead atoms. The highest BCUT2D eigenvalue weighted by Crippen LogP contribution is 2.24. The Bertz CT molecular complexity index is 631. The van der Waals surface area contributed by atoms with E-state index in [2.05, 4.69) is 26.2 Å². The topological polar surface area (TPSA) is 68.0 Å². The fraction of sp³-hybridized carbons (Fsp3) is 0. The molecule has 0 aliphatic carbocycles. The summed E-state index contributed by atoms with van der Waals surface area (Å²) in [6, 6.07) is 10.4. The SMILES string of the molecule is NC(=S)c1ccc(NC(=O)c2ccccn2)c(Br)c1. The summed E-state index contributed by atoms with van der Waals surface area (Å²) in [7, 11) is 0. The molecule has 0 saturated carbocycles. The first kappa shape index (κ1) is 13.6. The van der Waals surface area contributed by atoms with E-state index in [0.29, 0.717) is 20.8 Å². The Morgan fingerprint density at radius 3 is 2.68 bits per heavy atom. The highest BCUT2D eigenvalue weighted by atomic mass is 79.9. The molecule has 2 rings (SSSR count). The highest BCUT2D eigenvalue weighted by Gasteiger charge is 2.09. The van der Waals surface area contributed by atoms with Gasteiger partial charge in [0.1, 0.15) is 10.7 Å². The molecule has 0 saturated heterocycles. The van der Waals surface area contributed by atoms with Crippen molar-refractivity contribution in [3.05, 3.63) is 58.3 Å². The smallest absolute Gasteiger partial charge is 0.274 e. The van der Waals surface area contributed by atoms with Crippen molar-refractivity contribution in [1.82, 2.24) is 4.98 Å². The highest BCUT2D eigenvalue weighted by molar-refractivity contribution is 9.10. The third-order valence-corrected chi connectivity index (χ3v) is 3.29. The summed E-state index contributed by atoms with van der Waals surface area (Å²) in [6.07, 6.45) is 1.57. The van der Waals surface area contributed by atoms with Crippen LogP contribution in [0.5, 0.6) is 0 Å². The summed E-state index contributed by atoms with van der Waals surface area (Å²) in [6.45, 7) is 0. The number of rotatable bonds is 3. The van der Waals surface area contributed by atoms with E-state index in [9.17, 15) is 4.79 Å². The van der Waals surface area contributed by atoms with Crippen LogP contribution in [0.2, 0.25) is 0 Å². The number of carbonyl (C=O) groups is 1. The number of anilines is 1. The summed E-state index contributed by atoms with van der Waals surface area (Å²) >= 11 is 8.26. The number of aromatic nitrogens is 1. The lowest BCUT2D eigenvalue weighted by Crippen LogP contribution is -2.14. The van der Waals surface area contributed by atoms with Gasteiger partial charge >= 0.3 is 0 Å². The van der Waals surface area contributed by atoms with Gasteiger partial charge in [0.15, 0.2) is 0 Å². The molecule has 1 aromatic heterocycles. The number of amides is 1. The van der Waals surface area contributed by atoms with Crippen LogP contribution in [0.15, 0.2) is 47.1 Å². The first-order valence-electron chi connectivity index (χ1n) is 5.39. The molecule has 19 heavy (non-hydrogen) atoms. The molecule has 0 atom stereocenters. The van der Waals surface area contributed by atoms with Gasteiger partial charge in [-0.3, -0.25) is 9.78 Å². The van der Waals surface area contributed by atoms with Gasteiger partial charge < -0.3 is 11.1 Å². The molecule has 1 aromatic carbocycles. The van der Waals surface area contributed by atoms with Gasteiger partial charge in [-0.05, 0) is 46.3 Å². The minimum Gasteiger partial charge on any atom is -0.389 e. The Morgan fingerprint density at radius 2 is 2.11 bits per heavy atom. The van der Waals surface area contributed by atoms with Crippen molar-refractivity contribution in [2.24, 2.45) is 5.73 Å². The van der Waals surface area contributed by atoms with Crippen LogP contribution in [0.3, 0.4) is 0 Å². The van der Waals surface area contributed by atoms with Crippen molar-refractivity contribution >= 4 is 44.7 Å². The first-order valence-corrected chi connectivity index (χ1v) is 6.60. The standard InChI is InChI=1S/C13H10BrN3OS/c14-9-7-8(12(15)19)4-5-10(9)17-13(18)11-3-1-2-6-16-11/h1-7H,(H2,15,19)(H,17,18). The average Bonchev–Trinajstić information content (AvgIpc) is 2.41. The predicted octanol–water partition coefficient (Wildman–Crippen LogP) is 2.73. The van der Waals surface area contributed by atoms with E-state index in [1.165, 1.54) is 0 Å². The zero-order valence-electron chi connectivity index (χ0n) is 9.76. The number of benzene rings is 1. The molecule has 96 valence electrons. The van der Waals surface area contributed by atoms with Gasteiger partial charge in [0.25, 0.3) is 5.91 Å². The van der Waals surface area contributed by atoms with Gasteiger partial charge in [0.05, 0.1) is 5.69 Å². The lowest BCUT2D eigenvalue weighted by atomic mass is 10.2. The van der Waals surface area contributed by atoms with Crippen LogP contribution in [0.25, 0.3) is 0 Å². The summed E-state index contributed by atoms with van der Waals surface area (Å²) in [4.78, 5) is 16.2.